The molecule has 0 aromatic carbocycles. The van der Waals surface area contributed by atoms with Gasteiger partial charge in [0.2, 0.25) is 5.28 Å². The largest absolute Gasteiger partial charge is 0.329 e. The van der Waals surface area contributed by atoms with Gasteiger partial charge in [-0.15, -0.1) is 11.3 Å². The summed E-state index contributed by atoms with van der Waals surface area (Å²) >= 11 is 7.04. The average Bonchev–Trinajstić information content (AvgIpc) is 2.84. The zero-order chi connectivity index (χ0) is 13.4. The van der Waals surface area contributed by atoms with E-state index >= 15 is 0 Å². The Kier molecular flexibility index (Phi) is 2.92. The summed E-state index contributed by atoms with van der Waals surface area (Å²) in [5, 5.41) is 2.38. The lowest BCUT2D eigenvalue weighted by atomic mass is 10.3. The van der Waals surface area contributed by atoms with Gasteiger partial charge in [0.05, 0.1) is 17.6 Å². The van der Waals surface area contributed by atoms with Crippen molar-refractivity contribution in [2.24, 2.45) is 0 Å². The molecule has 0 amide bonds. The number of hydrogen-bond donors (Lipinski definition) is 1. The van der Waals surface area contributed by atoms with Crippen molar-refractivity contribution in [3.63, 3.8) is 0 Å². The quantitative estimate of drug-likeness (QED) is 0.721. The number of thiophene rings is 1. The molecule has 0 saturated heterocycles. The second kappa shape index (κ2) is 4.60. The summed E-state index contributed by atoms with van der Waals surface area (Å²) in [4.78, 5) is 34.2. The fourth-order valence-corrected chi connectivity index (χ4v) is 2.83. The highest BCUT2D eigenvalue weighted by Gasteiger charge is 2.09. The van der Waals surface area contributed by atoms with Crippen LogP contribution in [0.4, 0.5) is 0 Å². The SMILES string of the molecule is O=c1[nH]c(=O)n(Cc2ccnc(Cl)n2)c2sccc12. The van der Waals surface area contributed by atoms with Crippen molar-refractivity contribution >= 4 is 33.2 Å². The molecule has 0 saturated carbocycles. The van der Waals surface area contributed by atoms with E-state index in [0.29, 0.717) is 15.9 Å². The molecule has 96 valence electrons. The van der Waals surface area contributed by atoms with E-state index in [1.54, 1.807) is 17.5 Å². The Labute approximate surface area is 115 Å². The predicted octanol–water partition coefficient (Wildman–Crippen LogP) is 1.24. The molecule has 3 heterocycles. The van der Waals surface area contributed by atoms with Crippen LogP contribution in [-0.4, -0.2) is 19.5 Å². The molecule has 0 aliphatic heterocycles. The van der Waals surface area contributed by atoms with Crippen LogP contribution < -0.4 is 11.2 Å². The van der Waals surface area contributed by atoms with E-state index in [2.05, 4.69) is 15.0 Å². The number of hydrogen-bond acceptors (Lipinski definition) is 5. The van der Waals surface area contributed by atoms with Gasteiger partial charge in [-0.1, -0.05) is 0 Å². The average molecular weight is 295 g/mol. The fraction of sp³-hybridized carbons (Fsp3) is 0.0909. The summed E-state index contributed by atoms with van der Waals surface area (Å²) in [5.74, 6) is 0. The number of halogens is 1. The van der Waals surface area contributed by atoms with Gasteiger partial charge in [-0.25, -0.2) is 14.8 Å². The second-order valence-electron chi connectivity index (χ2n) is 3.80. The van der Waals surface area contributed by atoms with Crippen LogP contribution in [0.25, 0.3) is 10.2 Å². The van der Waals surface area contributed by atoms with Gasteiger partial charge in [0.15, 0.2) is 0 Å². The van der Waals surface area contributed by atoms with E-state index in [-0.39, 0.29) is 17.4 Å². The summed E-state index contributed by atoms with van der Waals surface area (Å²) in [6.07, 6.45) is 1.52. The van der Waals surface area contributed by atoms with Crippen LogP contribution in [-0.2, 0) is 6.54 Å². The minimum atomic E-state index is -0.463. The third-order valence-electron chi connectivity index (χ3n) is 2.60. The van der Waals surface area contributed by atoms with Gasteiger partial charge >= 0.3 is 5.69 Å². The number of H-pyrrole nitrogens is 1. The Bertz CT molecular complexity index is 867. The molecule has 0 fully saturated rings. The number of aromatic nitrogens is 4. The Morgan fingerprint density at radius 2 is 2.21 bits per heavy atom. The van der Waals surface area contributed by atoms with Crippen LogP contribution in [0.5, 0.6) is 0 Å². The summed E-state index contributed by atoms with van der Waals surface area (Å²) in [5.41, 5.74) is -0.239. The number of nitrogens with zero attached hydrogens (tertiary/aromatic N) is 3. The molecule has 0 aliphatic rings. The smallest absolute Gasteiger partial charge is 0.278 e. The number of rotatable bonds is 2. The predicted molar refractivity (Wildman–Crippen MR) is 72.8 cm³/mol. The molecular weight excluding hydrogens is 288 g/mol. The van der Waals surface area contributed by atoms with E-state index in [9.17, 15) is 9.59 Å². The van der Waals surface area contributed by atoms with Crippen molar-refractivity contribution in [2.45, 2.75) is 6.54 Å². The zero-order valence-corrected chi connectivity index (χ0v) is 11.0. The molecule has 0 atom stereocenters. The standard InChI is InChI=1S/C11H7ClN4O2S/c12-10-13-3-1-6(14-10)5-16-9-7(2-4-19-9)8(17)15-11(16)18/h1-4H,5H2,(H,15,17,18). The molecule has 3 aromatic rings. The van der Waals surface area contributed by atoms with E-state index in [1.807, 2.05) is 0 Å². The van der Waals surface area contributed by atoms with Crippen molar-refractivity contribution in [3.05, 3.63) is 55.5 Å². The van der Waals surface area contributed by atoms with Gasteiger partial charge in [0.1, 0.15) is 4.83 Å². The first kappa shape index (κ1) is 12.1. The monoisotopic (exact) mass is 294 g/mol. The van der Waals surface area contributed by atoms with Gasteiger partial charge in [-0.2, -0.15) is 0 Å². The summed E-state index contributed by atoms with van der Waals surface area (Å²) < 4.78 is 1.46. The summed E-state index contributed by atoms with van der Waals surface area (Å²) in [7, 11) is 0. The number of nitrogens with one attached hydrogen (secondary N) is 1. The van der Waals surface area contributed by atoms with Crippen molar-refractivity contribution in [1.82, 2.24) is 19.5 Å². The Morgan fingerprint density at radius 1 is 1.37 bits per heavy atom. The normalized spacial score (nSPS) is 11.0. The summed E-state index contributed by atoms with van der Waals surface area (Å²) in [6, 6.07) is 3.35. The lowest BCUT2D eigenvalue weighted by molar-refractivity contribution is 0.740. The molecule has 1 N–H and O–H groups in total. The summed E-state index contributed by atoms with van der Waals surface area (Å²) in [6.45, 7) is 0.231. The van der Waals surface area contributed by atoms with E-state index in [4.69, 9.17) is 11.6 Å². The highest BCUT2D eigenvalue weighted by atomic mass is 35.5. The molecule has 3 rings (SSSR count). The lowest BCUT2D eigenvalue weighted by Crippen LogP contribution is -2.30. The minimum absolute atomic E-state index is 0.123. The third kappa shape index (κ3) is 2.18. The van der Waals surface area contributed by atoms with Crippen molar-refractivity contribution in [1.29, 1.82) is 0 Å². The molecule has 0 aliphatic carbocycles. The molecule has 0 spiro atoms. The van der Waals surface area contributed by atoms with Crippen LogP contribution in [0.1, 0.15) is 5.69 Å². The Hall–Kier alpha value is -1.99. The van der Waals surface area contributed by atoms with Crippen LogP contribution in [0.3, 0.4) is 0 Å². The molecule has 3 aromatic heterocycles. The molecule has 0 bridgehead atoms. The van der Waals surface area contributed by atoms with Gasteiger partial charge in [-0.05, 0) is 29.1 Å². The first-order chi connectivity index (χ1) is 9.15. The van der Waals surface area contributed by atoms with Gasteiger partial charge in [0, 0.05) is 6.20 Å². The maximum Gasteiger partial charge on any atom is 0.329 e. The first-order valence-corrected chi connectivity index (χ1v) is 6.58. The molecule has 6 nitrogen and oxygen atoms in total. The number of fused-ring (bicyclic) bond motifs is 1. The zero-order valence-electron chi connectivity index (χ0n) is 9.46. The van der Waals surface area contributed by atoms with Crippen LogP contribution in [0.2, 0.25) is 5.28 Å². The highest BCUT2D eigenvalue weighted by molar-refractivity contribution is 7.16. The number of aromatic amines is 1. The van der Waals surface area contributed by atoms with E-state index < -0.39 is 5.69 Å². The maximum absolute atomic E-state index is 11.9. The second-order valence-corrected chi connectivity index (χ2v) is 5.03. The minimum Gasteiger partial charge on any atom is -0.278 e. The third-order valence-corrected chi connectivity index (χ3v) is 3.72. The fourth-order valence-electron chi connectivity index (χ4n) is 1.77. The van der Waals surface area contributed by atoms with Crippen LogP contribution >= 0.6 is 22.9 Å². The van der Waals surface area contributed by atoms with E-state index in [1.165, 1.54) is 22.1 Å². The Morgan fingerprint density at radius 3 is 3.00 bits per heavy atom. The van der Waals surface area contributed by atoms with Gasteiger partial charge < -0.3 is 0 Å². The molecular formula is C11H7ClN4O2S. The maximum atomic E-state index is 11.9. The molecule has 8 heteroatoms. The first-order valence-electron chi connectivity index (χ1n) is 5.33. The van der Waals surface area contributed by atoms with Crippen LogP contribution in [0.15, 0.2) is 33.3 Å². The van der Waals surface area contributed by atoms with Crippen molar-refractivity contribution < 1.29 is 0 Å². The van der Waals surface area contributed by atoms with Crippen molar-refractivity contribution in [3.8, 4) is 0 Å². The van der Waals surface area contributed by atoms with Crippen molar-refractivity contribution in [2.75, 3.05) is 0 Å². The van der Waals surface area contributed by atoms with Gasteiger partial charge in [-0.3, -0.25) is 14.3 Å². The molecule has 0 unspecified atom stereocenters. The molecule has 19 heavy (non-hydrogen) atoms. The Balaban J connectivity index is 2.18. The highest BCUT2D eigenvalue weighted by Crippen LogP contribution is 2.16. The molecule has 0 radical (unpaired) electrons. The topological polar surface area (TPSA) is 80.6 Å². The lowest BCUT2D eigenvalue weighted by Gasteiger charge is -2.05. The van der Waals surface area contributed by atoms with Crippen LogP contribution in [0, 0.1) is 0 Å². The van der Waals surface area contributed by atoms with E-state index in [0.717, 1.165) is 0 Å². The van der Waals surface area contributed by atoms with Gasteiger partial charge in [0.25, 0.3) is 5.56 Å².